The van der Waals surface area contributed by atoms with Gasteiger partial charge in [-0.3, -0.25) is 0 Å². The minimum Gasteiger partial charge on any atom is -0.385 e. The first kappa shape index (κ1) is 6.23. The number of fused-ring (bicyclic) bond motifs is 1. The second kappa shape index (κ2) is 2.28. The molecule has 11 heavy (non-hydrogen) atoms. The fraction of sp³-hybridized carbons (Fsp3) is 0.222. The van der Waals surface area contributed by atoms with Crippen LogP contribution in [-0.2, 0) is 6.42 Å². The number of nitrogens with one attached hydrogen (secondary N) is 1. The SMILES string of the molecule is [C-]#[N+]c1ccc2c(c1)CCN2. The summed E-state index contributed by atoms with van der Waals surface area (Å²) in [5.41, 5.74) is 3.21. The Balaban J connectivity index is 2.51. The smallest absolute Gasteiger partial charge is 0.187 e. The highest BCUT2D eigenvalue weighted by Gasteiger charge is 2.08. The van der Waals surface area contributed by atoms with Crippen LogP contribution in [0.3, 0.4) is 0 Å². The van der Waals surface area contributed by atoms with E-state index in [9.17, 15) is 0 Å². The molecule has 0 aliphatic carbocycles. The van der Waals surface area contributed by atoms with E-state index in [2.05, 4.69) is 10.2 Å². The Labute approximate surface area is 65.7 Å². The summed E-state index contributed by atoms with van der Waals surface area (Å²) < 4.78 is 0. The lowest BCUT2D eigenvalue weighted by Gasteiger charge is -1.97. The molecule has 0 unspecified atom stereocenters. The van der Waals surface area contributed by atoms with E-state index in [1.807, 2.05) is 18.2 Å². The molecule has 1 N–H and O–H groups in total. The van der Waals surface area contributed by atoms with Gasteiger partial charge in [0.05, 0.1) is 6.57 Å². The van der Waals surface area contributed by atoms with Crippen LogP contribution in [0.25, 0.3) is 4.85 Å². The van der Waals surface area contributed by atoms with Crippen molar-refractivity contribution in [3.63, 3.8) is 0 Å². The second-order valence-electron chi connectivity index (χ2n) is 2.63. The average Bonchev–Trinajstić information content (AvgIpc) is 2.50. The summed E-state index contributed by atoms with van der Waals surface area (Å²) in [5, 5.41) is 3.25. The number of anilines is 1. The van der Waals surface area contributed by atoms with Crippen molar-refractivity contribution in [2.24, 2.45) is 0 Å². The number of hydrogen-bond acceptors (Lipinski definition) is 1. The summed E-state index contributed by atoms with van der Waals surface area (Å²) in [6, 6.07) is 5.79. The maximum Gasteiger partial charge on any atom is 0.187 e. The molecular formula is C9H8N2. The minimum absolute atomic E-state index is 0.743. The monoisotopic (exact) mass is 144 g/mol. The molecule has 1 aromatic rings. The van der Waals surface area contributed by atoms with Crippen molar-refractivity contribution in [1.29, 1.82) is 0 Å². The van der Waals surface area contributed by atoms with Crippen LogP contribution < -0.4 is 5.32 Å². The molecule has 0 amide bonds. The van der Waals surface area contributed by atoms with E-state index >= 15 is 0 Å². The molecule has 0 bridgehead atoms. The molecule has 0 fully saturated rings. The van der Waals surface area contributed by atoms with E-state index in [1.54, 1.807) is 0 Å². The van der Waals surface area contributed by atoms with Gasteiger partial charge in [0.1, 0.15) is 0 Å². The van der Waals surface area contributed by atoms with E-state index in [0.29, 0.717) is 0 Å². The molecule has 0 aromatic heterocycles. The van der Waals surface area contributed by atoms with Gasteiger partial charge in [-0.25, -0.2) is 4.85 Å². The van der Waals surface area contributed by atoms with Gasteiger partial charge in [-0.2, -0.15) is 0 Å². The van der Waals surface area contributed by atoms with Crippen molar-refractivity contribution in [3.8, 4) is 0 Å². The highest BCUT2D eigenvalue weighted by atomic mass is 14.9. The van der Waals surface area contributed by atoms with E-state index in [0.717, 1.165) is 18.7 Å². The van der Waals surface area contributed by atoms with E-state index in [1.165, 1.54) is 11.3 Å². The lowest BCUT2D eigenvalue weighted by Crippen LogP contribution is -1.90. The summed E-state index contributed by atoms with van der Waals surface area (Å²) in [5.74, 6) is 0. The van der Waals surface area contributed by atoms with Crippen molar-refractivity contribution >= 4 is 11.4 Å². The highest BCUT2D eigenvalue weighted by Crippen LogP contribution is 2.26. The Morgan fingerprint density at radius 2 is 2.36 bits per heavy atom. The largest absolute Gasteiger partial charge is 0.385 e. The Hall–Kier alpha value is -1.49. The Kier molecular flexibility index (Phi) is 1.29. The van der Waals surface area contributed by atoms with Crippen LogP contribution in [-0.4, -0.2) is 6.54 Å². The fourth-order valence-electron chi connectivity index (χ4n) is 1.36. The first-order valence-corrected chi connectivity index (χ1v) is 3.64. The van der Waals surface area contributed by atoms with Crippen molar-refractivity contribution in [1.82, 2.24) is 0 Å². The molecule has 1 aromatic carbocycles. The van der Waals surface area contributed by atoms with Crippen LogP contribution in [0.4, 0.5) is 11.4 Å². The molecular weight excluding hydrogens is 136 g/mol. The van der Waals surface area contributed by atoms with Crippen molar-refractivity contribution < 1.29 is 0 Å². The number of benzene rings is 1. The summed E-state index contributed by atoms with van der Waals surface area (Å²) >= 11 is 0. The first-order valence-electron chi connectivity index (χ1n) is 3.64. The van der Waals surface area contributed by atoms with Gasteiger partial charge >= 0.3 is 0 Å². The summed E-state index contributed by atoms with van der Waals surface area (Å²) in [6.07, 6.45) is 1.05. The maximum atomic E-state index is 6.81. The molecule has 2 nitrogen and oxygen atoms in total. The topological polar surface area (TPSA) is 16.4 Å². The summed E-state index contributed by atoms with van der Waals surface area (Å²) in [6.45, 7) is 7.82. The van der Waals surface area contributed by atoms with Crippen LogP contribution >= 0.6 is 0 Å². The van der Waals surface area contributed by atoms with Crippen molar-refractivity contribution in [2.45, 2.75) is 6.42 Å². The number of hydrogen-bond donors (Lipinski definition) is 1. The lowest BCUT2D eigenvalue weighted by molar-refractivity contribution is 1.11. The van der Waals surface area contributed by atoms with Gasteiger partial charge in [0, 0.05) is 12.2 Å². The van der Waals surface area contributed by atoms with Gasteiger partial charge in [0.25, 0.3) is 0 Å². The van der Waals surface area contributed by atoms with Crippen LogP contribution in [0.2, 0.25) is 0 Å². The minimum atomic E-state index is 0.743. The second-order valence-corrected chi connectivity index (χ2v) is 2.63. The Morgan fingerprint density at radius 1 is 1.45 bits per heavy atom. The normalized spacial score (nSPS) is 13.4. The Morgan fingerprint density at radius 3 is 3.18 bits per heavy atom. The molecule has 54 valence electrons. The molecule has 2 rings (SSSR count). The molecule has 2 heteroatoms. The predicted molar refractivity (Wildman–Crippen MR) is 44.9 cm³/mol. The predicted octanol–water partition coefficient (Wildman–Crippen LogP) is 2.21. The van der Waals surface area contributed by atoms with Crippen LogP contribution in [0.15, 0.2) is 18.2 Å². The van der Waals surface area contributed by atoms with Crippen molar-refractivity contribution in [3.05, 3.63) is 35.2 Å². The van der Waals surface area contributed by atoms with E-state index < -0.39 is 0 Å². The molecule has 0 atom stereocenters. The maximum absolute atomic E-state index is 6.81. The van der Waals surface area contributed by atoms with Gasteiger partial charge < -0.3 is 5.32 Å². The van der Waals surface area contributed by atoms with Gasteiger partial charge in [0.15, 0.2) is 5.69 Å². The zero-order valence-electron chi connectivity index (χ0n) is 6.09. The zero-order valence-corrected chi connectivity index (χ0v) is 6.09. The van der Waals surface area contributed by atoms with E-state index in [-0.39, 0.29) is 0 Å². The van der Waals surface area contributed by atoms with Crippen LogP contribution in [0.5, 0.6) is 0 Å². The molecule has 1 heterocycles. The van der Waals surface area contributed by atoms with Crippen molar-refractivity contribution in [2.75, 3.05) is 11.9 Å². The first-order chi connectivity index (χ1) is 5.40. The number of nitrogens with zero attached hydrogens (tertiary/aromatic N) is 1. The number of rotatable bonds is 0. The molecule has 1 aliphatic rings. The molecule has 0 saturated carbocycles. The lowest BCUT2D eigenvalue weighted by atomic mass is 10.1. The fourth-order valence-corrected chi connectivity index (χ4v) is 1.36. The summed E-state index contributed by atoms with van der Waals surface area (Å²) in [4.78, 5) is 3.37. The highest BCUT2D eigenvalue weighted by molar-refractivity contribution is 5.62. The quantitative estimate of drug-likeness (QED) is 0.552. The van der Waals surface area contributed by atoms with Gasteiger partial charge in [0.2, 0.25) is 0 Å². The standard InChI is InChI=1S/C9H8N2/c1-10-8-2-3-9-7(6-8)4-5-11-9/h2-3,6,11H,4-5H2. The zero-order chi connectivity index (χ0) is 7.68. The molecule has 0 saturated heterocycles. The molecule has 0 spiro atoms. The van der Waals surface area contributed by atoms with Crippen LogP contribution in [0, 0.1) is 6.57 Å². The average molecular weight is 144 g/mol. The van der Waals surface area contributed by atoms with Gasteiger partial charge in [-0.05, 0) is 18.1 Å². The van der Waals surface area contributed by atoms with Gasteiger partial charge in [-0.15, -0.1) is 0 Å². The van der Waals surface area contributed by atoms with Gasteiger partial charge in [-0.1, -0.05) is 12.1 Å². The van der Waals surface area contributed by atoms with E-state index in [4.69, 9.17) is 6.57 Å². The molecule has 1 aliphatic heterocycles. The third kappa shape index (κ3) is 0.947. The third-order valence-electron chi connectivity index (χ3n) is 1.93. The third-order valence-corrected chi connectivity index (χ3v) is 1.93. The Bertz CT molecular complexity index is 323. The molecule has 0 radical (unpaired) electrons. The summed E-state index contributed by atoms with van der Waals surface area (Å²) in [7, 11) is 0. The van der Waals surface area contributed by atoms with Crippen LogP contribution in [0.1, 0.15) is 5.56 Å².